The Morgan fingerprint density at radius 3 is 2.48 bits per heavy atom. The van der Waals surface area contributed by atoms with Crippen molar-refractivity contribution >= 4 is 11.6 Å². The molecule has 0 unspecified atom stereocenters. The fraction of sp³-hybridized carbons (Fsp3) is 0. The first-order chi connectivity index (χ1) is 13.3. The third kappa shape index (κ3) is 3.85. The summed E-state index contributed by atoms with van der Waals surface area (Å²) in [4.78, 5) is 20.5. The van der Waals surface area contributed by atoms with Gasteiger partial charge in [0.15, 0.2) is 17.9 Å². The molecule has 0 saturated heterocycles. The molecular weight excluding hydrogens is 342 g/mol. The largest absolute Gasteiger partial charge is 0.455 e. The van der Waals surface area contributed by atoms with Crippen LogP contribution < -0.4 is 10.1 Å². The van der Waals surface area contributed by atoms with Crippen LogP contribution >= 0.6 is 0 Å². The van der Waals surface area contributed by atoms with Gasteiger partial charge in [0, 0.05) is 23.4 Å². The van der Waals surface area contributed by atoms with Crippen molar-refractivity contribution in [1.82, 2.24) is 9.97 Å². The molecule has 0 bridgehead atoms. The van der Waals surface area contributed by atoms with Crippen LogP contribution in [0.4, 0.5) is 5.69 Å². The average Bonchev–Trinajstić information content (AvgIpc) is 3.25. The van der Waals surface area contributed by atoms with Crippen LogP contribution in [0.25, 0.3) is 11.3 Å². The minimum Gasteiger partial charge on any atom is -0.455 e. The van der Waals surface area contributed by atoms with Crippen molar-refractivity contribution in [2.24, 2.45) is 0 Å². The molecule has 0 aliphatic carbocycles. The number of rotatable bonds is 5. The van der Waals surface area contributed by atoms with Crippen LogP contribution in [0.1, 0.15) is 10.4 Å². The maximum atomic E-state index is 12.6. The molecule has 0 spiro atoms. The van der Waals surface area contributed by atoms with Gasteiger partial charge in [0.1, 0.15) is 11.4 Å². The number of hydrogen-bond acceptors (Lipinski definition) is 5. The van der Waals surface area contributed by atoms with E-state index >= 15 is 0 Å². The van der Waals surface area contributed by atoms with E-state index in [0.717, 1.165) is 5.56 Å². The molecule has 27 heavy (non-hydrogen) atoms. The second-order valence-corrected chi connectivity index (χ2v) is 5.68. The highest BCUT2D eigenvalue weighted by atomic mass is 16.5. The van der Waals surface area contributed by atoms with Gasteiger partial charge in [-0.25, -0.2) is 4.98 Å². The second kappa shape index (κ2) is 7.53. The summed E-state index contributed by atoms with van der Waals surface area (Å²) in [5, 5.41) is 2.84. The van der Waals surface area contributed by atoms with E-state index in [4.69, 9.17) is 9.15 Å². The molecular formula is C21H15N3O3. The van der Waals surface area contributed by atoms with E-state index in [-0.39, 0.29) is 5.91 Å². The van der Waals surface area contributed by atoms with Crippen LogP contribution in [-0.4, -0.2) is 15.9 Å². The van der Waals surface area contributed by atoms with Crippen molar-refractivity contribution in [3.05, 3.63) is 91.2 Å². The first kappa shape index (κ1) is 16.5. The van der Waals surface area contributed by atoms with E-state index in [1.807, 2.05) is 30.3 Å². The number of aromatic nitrogens is 2. The fourth-order valence-electron chi connectivity index (χ4n) is 2.52. The van der Waals surface area contributed by atoms with Gasteiger partial charge in [-0.3, -0.25) is 9.78 Å². The van der Waals surface area contributed by atoms with Gasteiger partial charge in [0.2, 0.25) is 0 Å². The zero-order valence-corrected chi connectivity index (χ0v) is 14.2. The fourth-order valence-corrected chi connectivity index (χ4v) is 2.52. The maximum absolute atomic E-state index is 12.6. The van der Waals surface area contributed by atoms with Crippen molar-refractivity contribution in [3.63, 3.8) is 0 Å². The van der Waals surface area contributed by atoms with Crippen LogP contribution in [0.2, 0.25) is 0 Å². The van der Waals surface area contributed by atoms with Crippen LogP contribution in [-0.2, 0) is 0 Å². The average molecular weight is 357 g/mol. The first-order valence-electron chi connectivity index (χ1n) is 8.27. The molecule has 0 aliphatic heterocycles. The third-order valence-corrected chi connectivity index (χ3v) is 3.86. The van der Waals surface area contributed by atoms with E-state index in [2.05, 4.69) is 15.3 Å². The lowest BCUT2D eigenvalue weighted by Crippen LogP contribution is -2.12. The Morgan fingerprint density at radius 1 is 0.926 bits per heavy atom. The Bertz CT molecular complexity index is 1030. The molecule has 0 aliphatic rings. The van der Waals surface area contributed by atoms with E-state index in [1.54, 1.807) is 48.9 Å². The Labute approximate surface area is 155 Å². The molecule has 0 atom stereocenters. The predicted octanol–water partition coefficient (Wildman–Crippen LogP) is 4.78. The van der Waals surface area contributed by atoms with Crippen LogP contribution in [0.3, 0.4) is 0 Å². The number of ether oxygens (including phenoxy) is 1. The lowest BCUT2D eigenvalue weighted by Gasteiger charge is -2.12. The number of nitrogens with zero attached hydrogens (tertiary/aromatic N) is 2. The van der Waals surface area contributed by atoms with Crippen molar-refractivity contribution in [2.45, 2.75) is 0 Å². The minimum absolute atomic E-state index is 0.259. The molecule has 4 aromatic rings. The molecule has 132 valence electrons. The number of carbonyl (C=O) groups excluding carboxylic acids is 1. The van der Waals surface area contributed by atoms with Crippen molar-refractivity contribution in [3.8, 4) is 22.8 Å². The summed E-state index contributed by atoms with van der Waals surface area (Å²) in [5.41, 5.74) is 1.84. The lowest BCUT2D eigenvalue weighted by molar-refractivity contribution is 0.102. The summed E-state index contributed by atoms with van der Waals surface area (Å²) < 4.78 is 11.1. The summed E-state index contributed by atoms with van der Waals surface area (Å²) in [6.07, 6.45) is 6.16. The van der Waals surface area contributed by atoms with Crippen LogP contribution in [0, 0.1) is 0 Å². The third-order valence-electron chi connectivity index (χ3n) is 3.86. The molecule has 1 amide bonds. The van der Waals surface area contributed by atoms with Gasteiger partial charge >= 0.3 is 0 Å². The molecule has 4 rings (SSSR count). The van der Waals surface area contributed by atoms with E-state index in [9.17, 15) is 4.79 Å². The highest BCUT2D eigenvalue weighted by molar-refractivity contribution is 6.05. The van der Waals surface area contributed by atoms with Gasteiger partial charge in [-0.15, -0.1) is 0 Å². The molecule has 2 heterocycles. The van der Waals surface area contributed by atoms with Crippen molar-refractivity contribution < 1.29 is 13.9 Å². The number of carbonyl (C=O) groups is 1. The summed E-state index contributed by atoms with van der Waals surface area (Å²) in [6, 6.07) is 18.1. The van der Waals surface area contributed by atoms with Gasteiger partial charge in [0.25, 0.3) is 5.91 Å². The topological polar surface area (TPSA) is 77.2 Å². The van der Waals surface area contributed by atoms with Crippen molar-refractivity contribution in [2.75, 3.05) is 5.32 Å². The van der Waals surface area contributed by atoms with Gasteiger partial charge in [0.05, 0.1) is 12.4 Å². The zero-order valence-electron chi connectivity index (χ0n) is 14.2. The SMILES string of the molecule is O=C(Nc1cnccc1Oc1ccccc1)c1ccc(-c2cnco2)cc1. The van der Waals surface area contributed by atoms with E-state index in [1.165, 1.54) is 6.39 Å². The second-order valence-electron chi connectivity index (χ2n) is 5.68. The molecule has 0 radical (unpaired) electrons. The summed E-state index contributed by atoms with van der Waals surface area (Å²) >= 11 is 0. The Balaban J connectivity index is 1.51. The maximum Gasteiger partial charge on any atom is 0.255 e. The number of benzene rings is 2. The number of nitrogens with one attached hydrogen (secondary N) is 1. The number of anilines is 1. The zero-order chi connectivity index (χ0) is 18.5. The van der Waals surface area contributed by atoms with Crippen LogP contribution in [0.15, 0.2) is 90.1 Å². The highest BCUT2D eigenvalue weighted by Crippen LogP contribution is 2.29. The number of hydrogen-bond donors (Lipinski definition) is 1. The molecule has 6 heteroatoms. The number of pyridine rings is 1. The normalized spacial score (nSPS) is 10.4. The Kier molecular flexibility index (Phi) is 4.61. The van der Waals surface area contributed by atoms with Gasteiger partial charge in [-0.05, 0) is 24.3 Å². The molecule has 0 saturated carbocycles. The lowest BCUT2D eigenvalue weighted by atomic mass is 10.1. The summed E-state index contributed by atoms with van der Waals surface area (Å²) in [7, 11) is 0. The van der Waals surface area contributed by atoms with E-state index < -0.39 is 0 Å². The van der Waals surface area contributed by atoms with Gasteiger partial charge in [-0.1, -0.05) is 30.3 Å². The standard InChI is InChI=1S/C21H15N3O3/c25-21(16-8-6-15(7-9-16)20-13-23-14-26-20)24-18-12-22-11-10-19(18)27-17-4-2-1-3-5-17/h1-14H,(H,24,25). The Hall–Kier alpha value is -3.93. The van der Waals surface area contributed by atoms with Gasteiger partial charge < -0.3 is 14.5 Å². The van der Waals surface area contributed by atoms with Gasteiger partial charge in [-0.2, -0.15) is 0 Å². The summed E-state index contributed by atoms with van der Waals surface area (Å²) in [6.45, 7) is 0. The first-order valence-corrected chi connectivity index (χ1v) is 8.27. The molecule has 2 aromatic heterocycles. The predicted molar refractivity (Wildman–Crippen MR) is 101 cm³/mol. The summed E-state index contributed by atoms with van der Waals surface area (Å²) in [5.74, 6) is 1.58. The number of oxazole rings is 1. The smallest absolute Gasteiger partial charge is 0.255 e. The number of amides is 1. The van der Waals surface area contributed by atoms with Crippen LogP contribution in [0.5, 0.6) is 11.5 Å². The monoisotopic (exact) mass is 357 g/mol. The number of para-hydroxylation sites is 1. The molecule has 0 fully saturated rings. The highest BCUT2D eigenvalue weighted by Gasteiger charge is 2.12. The molecule has 2 aromatic carbocycles. The van der Waals surface area contributed by atoms with Crippen molar-refractivity contribution in [1.29, 1.82) is 0 Å². The quantitative estimate of drug-likeness (QED) is 0.556. The Morgan fingerprint density at radius 2 is 1.74 bits per heavy atom. The molecule has 1 N–H and O–H groups in total. The minimum atomic E-state index is -0.259. The molecule has 6 nitrogen and oxygen atoms in total. The van der Waals surface area contributed by atoms with E-state index in [0.29, 0.717) is 28.5 Å².